The van der Waals surface area contributed by atoms with E-state index in [1.165, 1.54) is 24.3 Å². The van der Waals surface area contributed by atoms with Crippen molar-refractivity contribution in [2.24, 2.45) is 4.99 Å². The van der Waals surface area contributed by atoms with Crippen molar-refractivity contribution in [2.75, 3.05) is 6.54 Å². The molecule has 2 rings (SSSR count). The van der Waals surface area contributed by atoms with Gasteiger partial charge in [-0.25, -0.2) is 0 Å². The highest BCUT2D eigenvalue weighted by atomic mass is 19.3. The van der Waals surface area contributed by atoms with Gasteiger partial charge in [0.25, 0.3) is 5.91 Å². The fourth-order valence-electron chi connectivity index (χ4n) is 1.78. The molecule has 1 saturated heterocycles. The van der Waals surface area contributed by atoms with Crippen LogP contribution in [0.4, 0.5) is 8.78 Å². The number of guanidine groups is 1. The summed E-state index contributed by atoms with van der Waals surface area (Å²) in [5, 5.41) is 15.0. The fourth-order valence-corrected chi connectivity index (χ4v) is 1.78. The van der Waals surface area contributed by atoms with Crippen LogP contribution in [-0.2, 0) is 4.79 Å². The number of alkyl halides is 2. The topological polar surface area (TPSA) is 83.0 Å². The third kappa shape index (κ3) is 3.94. The van der Waals surface area contributed by atoms with Gasteiger partial charge in [0.2, 0.25) is 5.96 Å². The molecule has 22 heavy (non-hydrogen) atoms. The summed E-state index contributed by atoms with van der Waals surface area (Å²) < 4.78 is 28.3. The summed E-state index contributed by atoms with van der Waals surface area (Å²) in [7, 11) is 0. The molecule has 0 aliphatic carbocycles. The van der Waals surface area contributed by atoms with Gasteiger partial charge < -0.3 is 15.2 Å². The van der Waals surface area contributed by atoms with E-state index in [-0.39, 0.29) is 17.4 Å². The number of nitrogens with one attached hydrogen (secondary N) is 2. The second-order valence-electron chi connectivity index (χ2n) is 4.47. The highest BCUT2D eigenvalue weighted by Crippen LogP contribution is 2.29. The number of phenolic OH excluding ortho intramolecular Hbond substituents is 1. The molecule has 1 heterocycles. The zero-order valence-corrected chi connectivity index (χ0v) is 11.8. The number of halogens is 2. The normalized spacial score (nSPS) is 17.9. The molecule has 0 unspecified atom stereocenters. The van der Waals surface area contributed by atoms with Gasteiger partial charge in [0.1, 0.15) is 5.70 Å². The quantitative estimate of drug-likeness (QED) is 0.724. The number of nitrogens with zero attached hydrogens (tertiary/aromatic N) is 1. The number of carbonyl (C=O) groups is 1. The maximum Gasteiger partial charge on any atom is 0.387 e. The molecular formula is C14H15F2N3O3. The monoisotopic (exact) mass is 311 g/mol. The molecule has 1 fully saturated rings. The summed E-state index contributed by atoms with van der Waals surface area (Å²) in [6.45, 7) is -0.477. The molecule has 0 bridgehead atoms. The second kappa shape index (κ2) is 6.88. The van der Waals surface area contributed by atoms with Crippen LogP contribution in [0.3, 0.4) is 0 Å². The first kappa shape index (κ1) is 15.7. The van der Waals surface area contributed by atoms with E-state index in [0.717, 1.165) is 6.42 Å². The van der Waals surface area contributed by atoms with Crippen molar-refractivity contribution >= 4 is 17.9 Å². The molecule has 0 atom stereocenters. The Balaban J connectivity index is 2.16. The molecule has 0 saturated carbocycles. The summed E-state index contributed by atoms with van der Waals surface area (Å²) in [5.74, 6) is -0.763. The Bertz CT molecular complexity index is 630. The molecule has 6 nitrogen and oxygen atoms in total. The summed E-state index contributed by atoms with van der Waals surface area (Å²) in [6.07, 6.45) is 2.31. The molecule has 0 aromatic heterocycles. The molecule has 0 radical (unpaired) electrons. The van der Waals surface area contributed by atoms with Crippen LogP contribution in [0.25, 0.3) is 6.08 Å². The van der Waals surface area contributed by atoms with E-state index in [1.807, 2.05) is 6.92 Å². The largest absolute Gasteiger partial charge is 0.504 e. The third-order valence-electron chi connectivity index (χ3n) is 2.73. The number of hydrogen-bond acceptors (Lipinski definition) is 4. The number of carbonyl (C=O) groups excluding carboxylic acids is 1. The number of aromatic hydroxyl groups is 1. The lowest BCUT2D eigenvalue weighted by Crippen LogP contribution is -2.25. The number of aliphatic imine (C=N–C) groups is 1. The number of ether oxygens (including phenoxy) is 1. The van der Waals surface area contributed by atoms with Crippen LogP contribution < -0.4 is 15.4 Å². The maximum atomic E-state index is 12.1. The summed E-state index contributed by atoms with van der Waals surface area (Å²) in [6, 6.07) is 3.87. The molecule has 0 spiro atoms. The van der Waals surface area contributed by atoms with Gasteiger partial charge in [-0.05, 0) is 30.2 Å². The van der Waals surface area contributed by atoms with E-state index in [9.17, 15) is 18.7 Å². The van der Waals surface area contributed by atoms with Crippen molar-refractivity contribution < 1.29 is 23.4 Å². The number of phenols is 1. The molecule has 8 heteroatoms. The zero-order valence-electron chi connectivity index (χ0n) is 11.8. The number of amides is 1. The van der Waals surface area contributed by atoms with E-state index in [1.54, 1.807) is 0 Å². The van der Waals surface area contributed by atoms with Gasteiger partial charge in [-0.2, -0.15) is 8.78 Å². The van der Waals surface area contributed by atoms with Gasteiger partial charge in [0, 0.05) is 6.54 Å². The molecule has 118 valence electrons. The first-order chi connectivity index (χ1) is 10.5. The molecule has 3 N–H and O–H groups in total. The summed E-state index contributed by atoms with van der Waals surface area (Å²) >= 11 is 0. The predicted octanol–water partition coefficient (Wildman–Crippen LogP) is 1.82. The Morgan fingerprint density at radius 2 is 2.18 bits per heavy atom. The minimum Gasteiger partial charge on any atom is -0.504 e. The summed E-state index contributed by atoms with van der Waals surface area (Å²) in [5.41, 5.74) is 0.699. The Morgan fingerprint density at radius 1 is 1.41 bits per heavy atom. The van der Waals surface area contributed by atoms with Crippen molar-refractivity contribution in [2.45, 2.75) is 20.0 Å². The van der Waals surface area contributed by atoms with Crippen molar-refractivity contribution in [3.05, 3.63) is 29.5 Å². The number of rotatable bonds is 5. The van der Waals surface area contributed by atoms with E-state index in [2.05, 4.69) is 20.4 Å². The van der Waals surface area contributed by atoms with Crippen LogP contribution in [0.15, 0.2) is 28.9 Å². The molecular weight excluding hydrogens is 296 g/mol. The van der Waals surface area contributed by atoms with Crippen molar-refractivity contribution in [1.82, 2.24) is 10.6 Å². The minimum atomic E-state index is -3.02. The first-order valence-corrected chi connectivity index (χ1v) is 6.62. The maximum absolute atomic E-state index is 12.1. The van der Waals surface area contributed by atoms with Crippen LogP contribution in [0.2, 0.25) is 0 Å². The Hall–Kier alpha value is -2.64. The van der Waals surface area contributed by atoms with E-state index >= 15 is 0 Å². The van der Waals surface area contributed by atoms with Crippen LogP contribution >= 0.6 is 0 Å². The van der Waals surface area contributed by atoms with Crippen molar-refractivity contribution in [1.29, 1.82) is 0 Å². The zero-order chi connectivity index (χ0) is 16.1. The average molecular weight is 311 g/mol. The Kier molecular flexibility index (Phi) is 4.92. The van der Waals surface area contributed by atoms with E-state index in [0.29, 0.717) is 18.1 Å². The van der Waals surface area contributed by atoms with Gasteiger partial charge in [-0.1, -0.05) is 13.0 Å². The van der Waals surface area contributed by atoms with Gasteiger partial charge in [0.15, 0.2) is 11.5 Å². The van der Waals surface area contributed by atoms with Crippen LogP contribution in [0.5, 0.6) is 11.5 Å². The molecule has 1 amide bonds. The van der Waals surface area contributed by atoms with Gasteiger partial charge >= 0.3 is 6.61 Å². The lowest BCUT2D eigenvalue weighted by atomic mass is 10.1. The SMILES string of the molecule is CCCN=C1NC(=O)/C(=C/c2ccc(OC(F)F)c(O)c2)N1. The van der Waals surface area contributed by atoms with Crippen molar-refractivity contribution in [3.63, 3.8) is 0 Å². The average Bonchev–Trinajstić information content (AvgIpc) is 2.79. The predicted molar refractivity (Wildman–Crippen MR) is 76.6 cm³/mol. The minimum absolute atomic E-state index is 0.247. The molecule has 1 aromatic carbocycles. The second-order valence-corrected chi connectivity index (χ2v) is 4.47. The lowest BCUT2D eigenvalue weighted by Gasteiger charge is -2.07. The third-order valence-corrected chi connectivity index (χ3v) is 2.73. The number of hydrogen-bond donors (Lipinski definition) is 3. The van der Waals surface area contributed by atoms with Crippen LogP contribution in [0.1, 0.15) is 18.9 Å². The van der Waals surface area contributed by atoms with Crippen LogP contribution in [0, 0.1) is 0 Å². The van der Waals surface area contributed by atoms with Crippen molar-refractivity contribution in [3.8, 4) is 11.5 Å². The summed E-state index contributed by atoms with van der Waals surface area (Å²) in [4.78, 5) is 15.9. The Labute approximate surface area is 125 Å². The van der Waals surface area contributed by atoms with E-state index < -0.39 is 12.4 Å². The number of benzene rings is 1. The smallest absolute Gasteiger partial charge is 0.387 e. The van der Waals surface area contributed by atoms with E-state index in [4.69, 9.17) is 0 Å². The molecule has 1 aliphatic rings. The van der Waals surface area contributed by atoms with Crippen LogP contribution in [-0.4, -0.2) is 30.1 Å². The van der Waals surface area contributed by atoms with Gasteiger partial charge in [-0.3, -0.25) is 15.1 Å². The first-order valence-electron chi connectivity index (χ1n) is 6.62. The molecule has 1 aliphatic heterocycles. The van der Waals surface area contributed by atoms with Gasteiger partial charge in [0.05, 0.1) is 0 Å². The fraction of sp³-hybridized carbons (Fsp3) is 0.286. The standard InChI is InChI=1S/C14H15F2N3O3/c1-2-5-17-14-18-9(12(21)19-14)6-8-3-4-11(10(20)7-8)22-13(15)16/h3-4,6-7,13,20H,2,5H2,1H3,(H2,17,18,19,21)/b9-6-. The van der Waals surface area contributed by atoms with Gasteiger partial charge in [-0.15, -0.1) is 0 Å². The lowest BCUT2D eigenvalue weighted by molar-refractivity contribution is -0.115. The molecule has 1 aromatic rings. The Morgan fingerprint density at radius 3 is 2.82 bits per heavy atom. The highest BCUT2D eigenvalue weighted by Gasteiger charge is 2.21. The highest BCUT2D eigenvalue weighted by molar-refractivity contribution is 6.15.